The van der Waals surface area contributed by atoms with Gasteiger partial charge in [-0.1, -0.05) is 0 Å². The second kappa shape index (κ2) is 5.19. The van der Waals surface area contributed by atoms with Crippen molar-refractivity contribution in [2.45, 2.75) is 19.9 Å². The van der Waals surface area contributed by atoms with Crippen molar-refractivity contribution in [2.75, 3.05) is 7.11 Å². The first-order valence-electron chi connectivity index (χ1n) is 4.47. The Balaban J connectivity index is 0.00000196. The Bertz CT molecular complexity index is 309. The quantitative estimate of drug-likeness (QED) is 0.779. The highest BCUT2D eigenvalue weighted by Crippen LogP contribution is 2.31. The van der Waals surface area contributed by atoms with Crippen LogP contribution in [0.1, 0.15) is 25.6 Å². The summed E-state index contributed by atoms with van der Waals surface area (Å²) in [4.78, 5) is 14.4. The van der Waals surface area contributed by atoms with Gasteiger partial charge in [0.1, 0.15) is 0 Å². The summed E-state index contributed by atoms with van der Waals surface area (Å²) in [5.74, 6) is -0.306. The van der Waals surface area contributed by atoms with Gasteiger partial charge in [-0.05, 0) is 26.0 Å². The summed E-state index contributed by atoms with van der Waals surface area (Å²) in [6.45, 7) is 3.54. The summed E-state index contributed by atoms with van der Waals surface area (Å²) in [6.07, 6.45) is 1.78. The first-order chi connectivity index (χ1) is 6.50. The summed E-state index contributed by atoms with van der Waals surface area (Å²) in [6, 6.07) is 3.32. The maximum atomic E-state index is 11.5. The van der Waals surface area contributed by atoms with E-state index in [-0.39, 0.29) is 24.4 Å². The second-order valence-electron chi connectivity index (χ2n) is 3.82. The fourth-order valence-electron chi connectivity index (χ4n) is 1.32. The smallest absolute Gasteiger partial charge is 0.313 e. The molecule has 0 saturated carbocycles. The normalized spacial score (nSPS) is 12.8. The Hall–Kier alpha value is -1.00. The van der Waals surface area contributed by atoms with Crippen LogP contribution in [0.25, 0.3) is 0 Å². The molecular formula is C10H17ClN2O2. The third kappa shape index (κ3) is 2.73. The molecule has 1 aromatic heterocycles. The molecule has 3 N–H and O–H groups in total. The number of ether oxygens (including phenoxy) is 1. The molecule has 1 heterocycles. The average Bonchev–Trinajstić information content (AvgIpc) is 2.67. The van der Waals surface area contributed by atoms with Gasteiger partial charge in [0.25, 0.3) is 0 Å². The van der Waals surface area contributed by atoms with Gasteiger partial charge in [0.15, 0.2) is 0 Å². The van der Waals surface area contributed by atoms with Crippen molar-refractivity contribution >= 4 is 18.4 Å². The number of aromatic amines is 1. The van der Waals surface area contributed by atoms with Crippen LogP contribution in [0.15, 0.2) is 18.3 Å². The van der Waals surface area contributed by atoms with Gasteiger partial charge in [-0.15, -0.1) is 12.4 Å². The molecule has 0 unspecified atom stereocenters. The van der Waals surface area contributed by atoms with Gasteiger partial charge in [0.05, 0.1) is 18.6 Å². The Morgan fingerprint density at radius 3 is 2.60 bits per heavy atom. The zero-order valence-corrected chi connectivity index (χ0v) is 9.93. The van der Waals surface area contributed by atoms with Crippen LogP contribution >= 0.6 is 12.4 Å². The molecule has 0 aliphatic carbocycles. The molecule has 0 radical (unpaired) electrons. The molecule has 0 amide bonds. The zero-order chi connectivity index (χ0) is 10.8. The number of methoxy groups -OCH3 is 1. The topological polar surface area (TPSA) is 68.1 Å². The lowest BCUT2D eigenvalue weighted by atomic mass is 9.83. The van der Waals surface area contributed by atoms with Crippen LogP contribution < -0.4 is 5.73 Å². The predicted molar refractivity (Wildman–Crippen MR) is 60.8 cm³/mol. The predicted octanol–water partition coefficient (Wildman–Crippen LogP) is 1.64. The first-order valence-corrected chi connectivity index (χ1v) is 4.47. The van der Waals surface area contributed by atoms with Crippen LogP contribution in [0.5, 0.6) is 0 Å². The minimum atomic E-state index is -0.723. The summed E-state index contributed by atoms with van der Waals surface area (Å²) in [7, 11) is 1.37. The number of hydrogen-bond acceptors (Lipinski definition) is 3. The molecule has 4 nitrogen and oxygen atoms in total. The van der Waals surface area contributed by atoms with Gasteiger partial charge in [0, 0.05) is 11.9 Å². The maximum absolute atomic E-state index is 11.5. The lowest BCUT2D eigenvalue weighted by molar-refractivity contribution is -0.152. The van der Waals surface area contributed by atoms with Crippen molar-refractivity contribution < 1.29 is 9.53 Å². The van der Waals surface area contributed by atoms with Gasteiger partial charge >= 0.3 is 5.97 Å². The molecule has 0 spiro atoms. The lowest BCUT2D eigenvalue weighted by Crippen LogP contribution is -2.37. The average molecular weight is 233 g/mol. The van der Waals surface area contributed by atoms with Crippen LogP contribution in [0.4, 0.5) is 0 Å². The van der Waals surface area contributed by atoms with E-state index in [0.717, 1.165) is 5.69 Å². The van der Waals surface area contributed by atoms with E-state index in [0.29, 0.717) is 0 Å². The Kier molecular flexibility index (Phi) is 4.84. The summed E-state index contributed by atoms with van der Waals surface area (Å²) in [5, 5.41) is 0. The Labute approximate surface area is 95.6 Å². The minimum absolute atomic E-state index is 0. The minimum Gasteiger partial charge on any atom is -0.469 e. The van der Waals surface area contributed by atoms with Crippen LogP contribution in [0, 0.1) is 5.41 Å². The number of carbonyl (C=O) groups is 1. The van der Waals surface area contributed by atoms with Gasteiger partial charge < -0.3 is 15.5 Å². The number of nitrogens with two attached hydrogens (primary N) is 1. The largest absolute Gasteiger partial charge is 0.469 e. The van der Waals surface area contributed by atoms with Gasteiger partial charge in [-0.25, -0.2) is 0 Å². The number of carbonyl (C=O) groups excluding carboxylic acids is 1. The van der Waals surface area contributed by atoms with E-state index in [2.05, 4.69) is 4.98 Å². The molecule has 0 aromatic carbocycles. The fraction of sp³-hybridized carbons (Fsp3) is 0.500. The second-order valence-corrected chi connectivity index (χ2v) is 3.82. The van der Waals surface area contributed by atoms with Crippen molar-refractivity contribution in [1.29, 1.82) is 0 Å². The van der Waals surface area contributed by atoms with E-state index in [1.807, 2.05) is 12.1 Å². The van der Waals surface area contributed by atoms with Gasteiger partial charge in [0.2, 0.25) is 0 Å². The van der Waals surface area contributed by atoms with Crippen LogP contribution in [-0.2, 0) is 9.53 Å². The van der Waals surface area contributed by atoms with Crippen molar-refractivity contribution in [2.24, 2.45) is 11.1 Å². The van der Waals surface area contributed by atoms with Crippen molar-refractivity contribution in [3.05, 3.63) is 24.0 Å². The number of halogens is 1. The molecule has 0 fully saturated rings. The third-order valence-electron chi connectivity index (χ3n) is 2.45. The maximum Gasteiger partial charge on any atom is 0.313 e. The molecule has 0 aliphatic heterocycles. The highest BCUT2D eigenvalue weighted by Gasteiger charge is 2.36. The van der Waals surface area contributed by atoms with Crippen LogP contribution in [-0.4, -0.2) is 18.1 Å². The standard InChI is InChI=1S/C10H16N2O2.ClH/c1-10(2,9(13)14-3)8(11)7-5-4-6-12-7;/h4-6,8,12H,11H2,1-3H3;1H/t8-;/m1./s1. The summed E-state index contributed by atoms with van der Waals surface area (Å²) >= 11 is 0. The molecule has 5 heteroatoms. The fourth-order valence-corrected chi connectivity index (χ4v) is 1.32. The van der Waals surface area contributed by atoms with E-state index in [4.69, 9.17) is 10.5 Å². The number of esters is 1. The van der Waals surface area contributed by atoms with E-state index < -0.39 is 5.41 Å². The molecule has 86 valence electrons. The van der Waals surface area contributed by atoms with Gasteiger partial charge in [-0.2, -0.15) is 0 Å². The number of aromatic nitrogens is 1. The zero-order valence-electron chi connectivity index (χ0n) is 9.11. The first kappa shape index (κ1) is 14.0. The van der Waals surface area contributed by atoms with E-state index in [1.165, 1.54) is 7.11 Å². The van der Waals surface area contributed by atoms with E-state index >= 15 is 0 Å². The molecule has 1 aromatic rings. The van der Waals surface area contributed by atoms with E-state index in [1.54, 1.807) is 20.0 Å². The molecule has 0 bridgehead atoms. The SMILES string of the molecule is COC(=O)C(C)(C)[C@H](N)c1ccc[nH]1.Cl. The highest BCUT2D eigenvalue weighted by molar-refractivity contribution is 5.85. The monoisotopic (exact) mass is 232 g/mol. The molecule has 0 saturated heterocycles. The number of nitrogens with one attached hydrogen (secondary N) is 1. The number of rotatable bonds is 3. The van der Waals surface area contributed by atoms with Crippen LogP contribution in [0.2, 0.25) is 0 Å². The molecule has 1 rings (SSSR count). The third-order valence-corrected chi connectivity index (χ3v) is 2.45. The number of hydrogen-bond donors (Lipinski definition) is 2. The van der Waals surface area contributed by atoms with Crippen molar-refractivity contribution in [3.8, 4) is 0 Å². The van der Waals surface area contributed by atoms with Crippen molar-refractivity contribution in [3.63, 3.8) is 0 Å². The lowest BCUT2D eigenvalue weighted by Gasteiger charge is -2.27. The summed E-state index contributed by atoms with van der Waals surface area (Å²) < 4.78 is 4.70. The molecule has 15 heavy (non-hydrogen) atoms. The van der Waals surface area contributed by atoms with E-state index in [9.17, 15) is 4.79 Å². The Morgan fingerprint density at radius 1 is 1.60 bits per heavy atom. The molecular weight excluding hydrogens is 216 g/mol. The van der Waals surface area contributed by atoms with Crippen molar-refractivity contribution in [1.82, 2.24) is 4.98 Å². The van der Waals surface area contributed by atoms with Gasteiger partial charge in [-0.3, -0.25) is 4.79 Å². The van der Waals surface area contributed by atoms with Crippen LogP contribution in [0.3, 0.4) is 0 Å². The Morgan fingerprint density at radius 2 is 2.20 bits per heavy atom. The molecule has 0 aliphatic rings. The highest BCUT2D eigenvalue weighted by atomic mass is 35.5. The molecule has 1 atom stereocenters. The number of H-pyrrole nitrogens is 1. The summed E-state index contributed by atoms with van der Waals surface area (Å²) in [5.41, 5.74) is 6.07.